The average molecular weight is 398 g/mol. The summed E-state index contributed by atoms with van der Waals surface area (Å²) >= 11 is 0. The van der Waals surface area contributed by atoms with E-state index in [1.165, 1.54) is 18.2 Å². The number of ether oxygens (including phenoxy) is 1. The smallest absolute Gasteiger partial charge is 0.255 e. The summed E-state index contributed by atoms with van der Waals surface area (Å²) in [6.45, 7) is 9.20. The van der Waals surface area contributed by atoms with E-state index >= 15 is 0 Å². The summed E-state index contributed by atoms with van der Waals surface area (Å²) in [7, 11) is -3.90. The highest BCUT2D eigenvalue weighted by molar-refractivity contribution is 7.89. The van der Waals surface area contributed by atoms with Gasteiger partial charge in [0.2, 0.25) is 10.0 Å². The second-order valence-electron chi connectivity index (χ2n) is 7.16. The highest BCUT2D eigenvalue weighted by Crippen LogP contribution is 2.24. The van der Waals surface area contributed by atoms with Gasteiger partial charge in [0.1, 0.15) is 5.75 Å². The van der Waals surface area contributed by atoms with Gasteiger partial charge in [-0.25, -0.2) is 13.6 Å². The molecule has 8 heteroatoms. The van der Waals surface area contributed by atoms with Crippen LogP contribution >= 0.6 is 0 Å². The molecule has 0 unspecified atom stereocenters. The standard InChI is InChI=1S/C19H31N3O4S/c1-4-14(3)13-26-18-9-8-16(27(20,24)25)11-17(18)19(23)21-12-15-7-6-10-22(15)5-2/h8-9,11,14-15H,4-7,10,12-13H2,1-3H3,(H,21,23)(H2,20,24,25)/t14-,15+/m0/s1. The van der Waals surface area contributed by atoms with Crippen molar-refractivity contribution in [3.05, 3.63) is 23.8 Å². The second-order valence-corrected chi connectivity index (χ2v) is 8.72. The van der Waals surface area contributed by atoms with Gasteiger partial charge in [0.15, 0.2) is 0 Å². The highest BCUT2D eigenvalue weighted by atomic mass is 32.2. The van der Waals surface area contributed by atoms with Crippen molar-refractivity contribution in [2.75, 3.05) is 26.2 Å². The average Bonchev–Trinajstić information content (AvgIpc) is 3.10. The Hall–Kier alpha value is -1.64. The van der Waals surface area contributed by atoms with Crippen molar-refractivity contribution in [3.8, 4) is 5.75 Å². The van der Waals surface area contributed by atoms with E-state index in [9.17, 15) is 13.2 Å². The molecule has 1 heterocycles. The van der Waals surface area contributed by atoms with Gasteiger partial charge in [0.25, 0.3) is 5.91 Å². The zero-order chi connectivity index (χ0) is 20.0. The number of rotatable bonds is 9. The third-order valence-electron chi connectivity index (χ3n) is 5.15. The first kappa shape index (κ1) is 21.7. The quantitative estimate of drug-likeness (QED) is 0.663. The summed E-state index contributed by atoms with van der Waals surface area (Å²) < 4.78 is 29.1. The second kappa shape index (κ2) is 9.52. The molecule has 0 aliphatic carbocycles. The van der Waals surface area contributed by atoms with E-state index in [1.807, 2.05) is 0 Å². The lowest BCUT2D eigenvalue weighted by Gasteiger charge is -2.23. The van der Waals surface area contributed by atoms with Crippen molar-refractivity contribution in [2.24, 2.45) is 11.1 Å². The third kappa shape index (κ3) is 5.92. The minimum atomic E-state index is -3.90. The van der Waals surface area contributed by atoms with Crippen LogP contribution in [0.2, 0.25) is 0 Å². The van der Waals surface area contributed by atoms with Gasteiger partial charge in [-0.1, -0.05) is 27.2 Å². The number of carbonyl (C=O) groups excluding carboxylic acids is 1. The number of hydrogen-bond acceptors (Lipinski definition) is 5. The van der Waals surface area contributed by atoms with Crippen molar-refractivity contribution >= 4 is 15.9 Å². The molecule has 7 nitrogen and oxygen atoms in total. The van der Waals surface area contributed by atoms with Crippen LogP contribution in [0, 0.1) is 5.92 Å². The van der Waals surface area contributed by atoms with Gasteiger partial charge in [0, 0.05) is 12.6 Å². The number of primary sulfonamides is 1. The van der Waals surface area contributed by atoms with Crippen LogP contribution in [0.3, 0.4) is 0 Å². The Balaban J connectivity index is 2.18. The molecule has 1 aromatic rings. The molecule has 2 atom stereocenters. The zero-order valence-corrected chi connectivity index (χ0v) is 17.2. The van der Waals surface area contributed by atoms with Crippen LogP contribution in [-0.2, 0) is 10.0 Å². The molecule has 1 amide bonds. The number of benzene rings is 1. The lowest BCUT2D eigenvalue weighted by Crippen LogP contribution is -2.40. The summed E-state index contributed by atoms with van der Waals surface area (Å²) in [5.41, 5.74) is 0.200. The van der Waals surface area contributed by atoms with Crippen molar-refractivity contribution < 1.29 is 17.9 Å². The molecule has 1 fully saturated rings. The summed E-state index contributed by atoms with van der Waals surface area (Å²) in [5.74, 6) is 0.358. The first-order valence-electron chi connectivity index (χ1n) is 9.58. The number of likely N-dealkylation sites (tertiary alicyclic amines) is 1. The number of amides is 1. The molecule has 1 aliphatic heterocycles. The van der Waals surface area contributed by atoms with E-state index in [4.69, 9.17) is 9.88 Å². The van der Waals surface area contributed by atoms with Crippen LogP contribution in [-0.4, -0.2) is 51.5 Å². The molecule has 1 aromatic carbocycles. The fourth-order valence-corrected chi connectivity index (χ4v) is 3.73. The lowest BCUT2D eigenvalue weighted by molar-refractivity contribution is 0.0936. The molecule has 0 radical (unpaired) electrons. The molecule has 1 saturated heterocycles. The van der Waals surface area contributed by atoms with Gasteiger partial charge >= 0.3 is 0 Å². The summed E-state index contributed by atoms with van der Waals surface area (Å²) in [5, 5.41) is 8.15. The predicted molar refractivity (Wildman–Crippen MR) is 105 cm³/mol. The first-order chi connectivity index (χ1) is 12.8. The van der Waals surface area contributed by atoms with Crippen LogP contribution in [0.5, 0.6) is 5.75 Å². The van der Waals surface area contributed by atoms with Crippen LogP contribution in [0.15, 0.2) is 23.1 Å². The third-order valence-corrected chi connectivity index (χ3v) is 6.06. The fraction of sp³-hybridized carbons (Fsp3) is 0.632. The van der Waals surface area contributed by atoms with Crippen molar-refractivity contribution in [1.29, 1.82) is 0 Å². The van der Waals surface area contributed by atoms with Crippen molar-refractivity contribution in [2.45, 2.75) is 51.0 Å². The van der Waals surface area contributed by atoms with Crippen molar-refractivity contribution in [1.82, 2.24) is 10.2 Å². The molecule has 3 N–H and O–H groups in total. The van der Waals surface area contributed by atoms with Crippen LogP contribution in [0.25, 0.3) is 0 Å². The van der Waals surface area contributed by atoms with E-state index in [-0.39, 0.29) is 16.4 Å². The molecule has 1 aliphatic rings. The summed E-state index contributed by atoms with van der Waals surface area (Å²) in [4.78, 5) is 15.0. The van der Waals surface area contributed by atoms with Crippen LogP contribution in [0.4, 0.5) is 0 Å². The zero-order valence-electron chi connectivity index (χ0n) is 16.4. The van der Waals surface area contributed by atoms with Gasteiger partial charge < -0.3 is 10.1 Å². The summed E-state index contributed by atoms with van der Waals surface area (Å²) in [6.07, 6.45) is 3.12. The van der Waals surface area contributed by atoms with Crippen LogP contribution in [0.1, 0.15) is 50.4 Å². The molecule has 0 bridgehead atoms. The number of likely N-dealkylation sites (N-methyl/N-ethyl adjacent to an activating group) is 1. The van der Waals surface area contributed by atoms with Gasteiger partial charge in [0.05, 0.1) is 17.1 Å². The minimum Gasteiger partial charge on any atom is -0.492 e. The van der Waals surface area contributed by atoms with E-state index in [0.717, 1.165) is 32.4 Å². The van der Waals surface area contributed by atoms with E-state index in [1.54, 1.807) is 0 Å². The Morgan fingerprint density at radius 3 is 2.78 bits per heavy atom. The molecule has 0 aromatic heterocycles. The SMILES string of the molecule is CC[C@H](C)COc1ccc(S(N)(=O)=O)cc1C(=O)NC[C@H]1CCCN1CC. The number of carbonyl (C=O) groups is 1. The Bertz CT molecular complexity index is 751. The topological polar surface area (TPSA) is 102 Å². The molecular formula is C19H31N3O4S. The van der Waals surface area contributed by atoms with E-state index in [2.05, 4.69) is 31.0 Å². The van der Waals surface area contributed by atoms with Gasteiger partial charge in [-0.05, 0) is 50.0 Å². The molecular weight excluding hydrogens is 366 g/mol. The maximum absolute atomic E-state index is 12.8. The number of sulfonamides is 1. The normalized spacial score (nSPS) is 19.0. The van der Waals surface area contributed by atoms with Crippen LogP contribution < -0.4 is 15.2 Å². The van der Waals surface area contributed by atoms with Gasteiger partial charge in [-0.15, -0.1) is 0 Å². The highest BCUT2D eigenvalue weighted by Gasteiger charge is 2.24. The van der Waals surface area contributed by atoms with Gasteiger partial charge in [-0.2, -0.15) is 0 Å². The molecule has 152 valence electrons. The molecule has 0 saturated carbocycles. The number of nitrogens with zero attached hydrogens (tertiary/aromatic N) is 1. The fourth-order valence-electron chi connectivity index (χ4n) is 3.19. The number of hydrogen-bond donors (Lipinski definition) is 2. The molecule has 27 heavy (non-hydrogen) atoms. The lowest BCUT2D eigenvalue weighted by atomic mass is 10.1. The largest absolute Gasteiger partial charge is 0.492 e. The predicted octanol–water partition coefficient (Wildman–Crippen LogP) is 1.97. The monoisotopic (exact) mass is 397 g/mol. The van der Waals surface area contributed by atoms with E-state index in [0.29, 0.717) is 30.9 Å². The Kier molecular flexibility index (Phi) is 7.64. The van der Waals surface area contributed by atoms with E-state index < -0.39 is 10.0 Å². The minimum absolute atomic E-state index is 0.0976. The Morgan fingerprint density at radius 1 is 1.41 bits per heavy atom. The number of nitrogens with two attached hydrogens (primary N) is 1. The summed E-state index contributed by atoms with van der Waals surface area (Å²) in [6, 6.07) is 4.48. The molecule has 0 spiro atoms. The maximum atomic E-state index is 12.8. The van der Waals surface area contributed by atoms with Crippen molar-refractivity contribution in [3.63, 3.8) is 0 Å². The Labute approximate surface area is 162 Å². The molecule has 2 rings (SSSR count). The first-order valence-corrected chi connectivity index (χ1v) is 11.1. The maximum Gasteiger partial charge on any atom is 0.255 e. The van der Waals surface area contributed by atoms with Gasteiger partial charge in [-0.3, -0.25) is 9.69 Å². The Morgan fingerprint density at radius 2 is 2.15 bits per heavy atom. The number of nitrogens with one attached hydrogen (secondary N) is 1.